The molecule has 0 unspecified atom stereocenters. The molecule has 0 fully saturated rings. The van der Waals surface area contributed by atoms with Gasteiger partial charge in [-0.25, -0.2) is 0 Å². The lowest BCUT2D eigenvalue weighted by atomic mass is 9.95. The summed E-state index contributed by atoms with van der Waals surface area (Å²) in [5.74, 6) is -0.585. The van der Waals surface area contributed by atoms with Gasteiger partial charge in [0.1, 0.15) is 11.5 Å². The van der Waals surface area contributed by atoms with Gasteiger partial charge in [0.15, 0.2) is 11.5 Å². The van der Waals surface area contributed by atoms with E-state index in [0.29, 0.717) is 24.2 Å². The molecule has 166 valence electrons. The molecular formula is C25H24O7. The fraction of sp³-hybridized carbons (Fsp3) is 0.200. The molecule has 0 saturated carbocycles. The van der Waals surface area contributed by atoms with E-state index in [1.165, 1.54) is 45.6 Å². The lowest BCUT2D eigenvalue weighted by Gasteiger charge is -2.19. The normalized spacial score (nSPS) is 10.5. The molecule has 0 saturated heterocycles. The average Bonchev–Trinajstić information content (AvgIpc) is 2.82. The van der Waals surface area contributed by atoms with Crippen LogP contribution in [-0.2, 0) is 12.8 Å². The fourth-order valence-electron chi connectivity index (χ4n) is 3.45. The van der Waals surface area contributed by atoms with E-state index in [9.17, 15) is 19.8 Å². The number of carbonyl (C=O) groups excluding carboxylic acids is 2. The molecule has 0 amide bonds. The third-order valence-corrected chi connectivity index (χ3v) is 5.08. The number of rotatable bonds is 9. The van der Waals surface area contributed by atoms with E-state index >= 15 is 0 Å². The number of hydrogen-bond acceptors (Lipinski definition) is 7. The SMILES string of the molecule is COc1c(CCc2ccc(O)cc2)cc(C(=O)C(=O)c2ccc(O)cc2)c(OC)c1OC. The first-order chi connectivity index (χ1) is 15.4. The van der Waals surface area contributed by atoms with Gasteiger partial charge in [-0.15, -0.1) is 0 Å². The number of aryl methyl sites for hydroxylation is 2. The van der Waals surface area contributed by atoms with Gasteiger partial charge in [0.25, 0.3) is 0 Å². The monoisotopic (exact) mass is 436 g/mol. The highest BCUT2D eigenvalue weighted by molar-refractivity contribution is 6.49. The summed E-state index contributed by atoms with van der Waals surface area (Å²) < 4.78 is 16.4. The molecular weight excluding hydrogens is 412 g/mol. The van der Waals surface area contributed by atoms with Crippen molar-refractivity contribution in [1.29, 1.82) is 0 Å². The van der Waals surface area contributed by atoms with E-state index in [0.717, 1.165) is 5.56 Å². The lowest BCUT2D eigenvalue weighted by molar-refractivity contribution is 0.0814. The Labute approximate surface area is 185 Å². The Hall–Kier alpha value is -4.00. The first kappa shape index (κ1) is 22.7. The Balaban J connectivity index is 2.02. The molecule has 7 nitrogen and oxygen atoms in total. The van der Waals surface area contributed by atoms with E-state index in [1.807, 2.05) is 12.1 Å². The molecule has 32 heavy (non-hydrogen) atoms. The highest BCUT2D eigenvalue weighted by atomic mass is 16.5. The van der Waals surface area contributed by atoms with Gasteiger partial charge in [-0.2, -0.15) is 0 Å². The van der Waals surface area contributed by atoms with Gasteiger partial charge >= 0.3 is 0 Å². The van der Waals surface area contributed by atoms with Gasteiger partial charge in [0.05, 0.1) is 26.9 Å². The number of hydrogen-bond donors (Lipinski definition) is 2. The lowest BCUT2D eigenvalue weighted by Crippen LogP contribution is -2.17. The summed E-state index contributed by atoms with van der Waals surface area (Å²) >= 11 is 0. The highest BCUT2D eigenvalue weighted by Crippen LogP contribution is 2.43. The summed E-state index contributed by atoms with van der Waals surface area (Å²) in [7, 11) is 4.31. The van der Waals surface area contributed by atoms with Crippen LogP contribution in [0.15, 0.2) is 54.6 Å². The van der Waals surface area contributed by atoms with Crippen molar-refractivity contribution in [3.05, 3.63) is 76.9 Å². The Morgan fingerprint density at radius 2 is 1.22 bits per heavy atom. The van der Waals surface area contributed by atoms with Crippen LogP contribution >= 0.6 is 0 Å². The van der Waals surface area contributed by atoms with Crippen LogP contribution in [0.25, 0.3) is 0 Å². The van der Waals surface area contributed by atoms with Gasteiger partial charge in [0, 0.05) is 5.56 Å². The van der Waals surface area contributed by atoms with Crippen molar-refractivity contribution in [2.75, 3.05) is 21.3 Å². The van der Waals surface area contributed by atoms with Gasteiger partial charge in [-0.3, -0.25) is 9.59 Å². The average molecular weight is 436 g/mol. The van der Waals surface area contributed by atoms with Crippen LogP contribution in [0.5, 0.6) is 28.7 Å². The van der Waals surface area contributed by atoms with Crippen molar-refractivity contribution in [2.24, 2.45) is 0 Å². The van der Waals surface area contributed by atoms with E-state index in [1.54, 1.807) is 18.2 Å². The number of aromatic hydroxyl groups is 2. The standard InChI is InChI=1S/C25H24O7/c1-30-23-17(7-4-15-5-10-18(26)11-6-15)14-20(24(31-2)25(23)32-3)22(29)21(28)16-8-12-19(27)13-9-16/h5-6,8-14,26-27H,4,7H2,1-3H3. The number of Topliss-reactive ketones (excluding diaryl/α,β-unsaturated/α-hetero) is 2. The molecule has 0 aliphatic heterocycles. The molecule has 2 N–H and O–H groups in total. The first-order valence-corrected chi connectivity index (χ1v) is 9.87. The predicted octanol–water partition coefficient (Wildman–Crippen LogP) is 3.97. The Morgan fingerprint density at radius 3 is 1.75 bits per heavy atom. The van der Waals surface area contributed by atoms with E-state index in [4.69, 9.17) is 14.2 Å². The number of phenols is 2. The maximum Gasteiger partial charge on any atom is 0.237 e. The van der Waals surface area contributed by atoms with Crippen LogP contribution in [0.3, 0.4) is 0 Å². The third-order valence-electron chi connectivity index (χ3n) is 5.08. The van der Waals surface area contributed by atoms with Gasteiger partial charge in [-0.1, -0.05) is 12.1 Å². The zero-order valence-corrected chi connectivity index (χ0v) is 18.0. The number of carbonyl (C=O) groups is 2. The summed E-state index contributed by atoms with van der Waals surface area (Å²) in [6, 6.07) is 13.9. The molecule has 3 aromatic rings. The fourth-order valence-corrected chi connectivity index (χ4v) is 3.45. The summed E-state index contributed by atoms with van der Waals surface area (Å²) in [5, 5.41) is 18.9. The Kier molecular flexibility index (Phi) is 7.00. The molecule has 0 radical (unpaired) electrons. The minimum Gasteiger partial charge on any atom is -0.508 e. The molecule has 0 aromatic heterocycles. The van der Waals surface area contributed by atoms with Crippen LogP contribution in [0.4, 0.5) is 0 Å². The predicted molar refractivity (Wildman–Crippen MR) is 118 cm³/mol. The minimum atomic E-state index is -0.764. The van der Waals surface area contributed by atoms with Crippen molar-refractivity contribution >= 4 is 11.6 Å². The molecule has 0 bridgehead atoms. The topological polar surface area (TPSA) is 102 Å². The molecule has 3 aromatic carbocycles. The van der Waals surface area contributed by atoms with E-state index in [2.05, 4.69) is 0 Å². The number of ketones is 2. The van der Waals surface area contributed by atoms with Crippen molar-refractivity contribution < 1.29 is 34.0 Å². The van der Waals surface area contributed by atoms with Crippen LogP contribution in [0.2, 0.25) is 0 Å². The van der Waals surface area contributed by atoms with Crippen LogP contribution in [0, 0.1) is 0 Å². The molecule has 0 spiro atoms. The molecule has 3 rings (SSSR count). The van der Waals surface area contributed by atoms with Crippen LogP contribution < -0.4 is 14.2 Å². The van der Waals surface area contributed by atoms with E-state index < -0.39 is 11.6 Å². The van der Waals surface area contributed by atoms with E-state index in [-0.39, 0.29) is 34.1 Å². The second-order valence-electron chi connectivity index (χ2n) is 7.05. The van der Waals surface area contributed by atoms with Crippen LogP contribution in [0.1, 0.15) is 31.8 Å². The summed E-state index contributed by atoms with van der Waals surface area (Å²) in [6.45, 7) is 0. The Morgan fingerprint density at radius 1 is 0.688 bits per heavy atom. The number of phenolic OH excluding ortho intramolecular Hbond substituents is 2. The third kappa shape index (κ3) is 4.67. The molecule has 0 aliphatic rings. The molecule has 0 heterocycles. The zero-order valence-electron chi connectivity index (χ0n) is 18.0. The summed E-state index contributed by atoms with van der Waals surface area (Å²) in [4.78, 5) is 25.9. The quantitative estimate of drug-likeness (QED) is 0.386. The van der Waals surface area contributed by atoms with Gasteiger partial charge in [-0.05, 0) is 66.4 Å². The summed E-state index contributed by atoms with van der Waals surface area (Å²) in [6.07, 6.45) is 1.09. The van der Waals surface area contributed by atoms with Gasteiger partial charge < -0.3 is 24.4 Å². The number of benzene rings is 3. The number of ether oxygens (including phenoxy) is 3. The van der Waals surface area contributed by atoms with Crippen molar-refractivity contribution in [3.63, 3.8) is 0 Å². The van der Waals surface area contributed by atoms with Crippen molar-refractivity contribution in [3.8, 4) is 28.7 Å². The first-order valence-electron chi connectivity index (χ1n) is 9.87. The number of methoxy groups -OCH3 is 3. The van der Waals surface area contributed by atoms with Crippen molar-refractivity contribution in [2.45, 2.75) is 12.8 Å². The maximum absolute atomic E-state index is 13.1. The second kappa shape index (κ2) is 9.87. The zero-order chi connectivity index (χ0) is 23.3. The second-order valence-corrected chi connectivity index (χ2v) is 7.05. The smallest absolute Gasteiger partial charge is 0.237 e. The molecule has 7 heteroatoms. The highest BCUT2D eigenvalue weighted by Gasteiger charge is 2.28. The largest absolute Gasteiger partial charge is 0.508 e. The minimum absolute atomic E-state index is 0.00536. The Bertz CT molecular complexity index is 1120. The van der Waals surface area contributed by atoms with Crippen molar-refractivity contribution in [1.82, 2.24) is 0 Å². The van der Waals surface area contributed by atoms with Crippen LogP contribution in [-0.4, -0.2) is 43.1 Å². The van der Waals surface area contributed by atoms with Gasteiger partial charge in [0.2, 0.25) is 17.3 Å². The molecule has 0 atom stereocenters. The maximum atomic E-state index is 13.1. The molecule has 0 aliphatic carbocycles. The summed E-state index contributed by atoms with van der Waals surface area (Å²) in [5.41, 5.74) is 1.85.